The molecule has 16 heavy (non-hydrogen) atoms. The lowest BCUT2D eigenvalue weighted by atomic mass is 10.2. The fourth-order valence-corrected chi connectivity index (χ4v) is 2.31. The lowest BCUT2D eigenvalue weighted by Crippen LogP contribution is -2.32. The lowest BCUT2D eigenvalue weighted by Gasteiger charge is -2.12. The van der Waals surface area contributed by atoms with Crippen LogP contribution in [0.2, 0.25) is 0 Å². The molecular weight excluding hydrogens is 200 g/mol. The van der Waals surface area contributed by atoms with Crippen molar-refractivity contribution in [3.63, 3.8) is 0 Å². The SMILES string of the molecule is Cc1ccn(CCNC2CCCC2)c(=O)c1. The quantitative estimate of drug-likeness (QED) is 0.838. The van der Waals surface area contributed by atoms with E-state index in [4.69, 9.17) is 0 Å². The zero-order valence-electron chi connectivity index (χ0n) is 9.91. The van der Waals surface area contributed by atoms with Crippen LogP contribution in [0.5, 0.6) is 0 Å². The van der Waals surface area contributed by atoms with Gasteiger partial charge in [0.25, 0.3) is 5.56 Å². The van der Waals surface area contributed by atoms with E-state index < -0.39 is 0 Å². The third-order valence-electron chi connectivity index (χ3n) is 3.29. The van der Waals surface area contributed by atoms with Crippen molar-refractivity contribution in [2.24, 2.45) is 0 Å². The minimum Gasteiger partial charge on any atom is -0.314 e. The van der Waals surface area contributed by atoms with Gasteiger partial charge in [-0.2, -0.15) is 0 Å². The fraction of sp³-hybridized carbons (Fsp3) is 0.615. The average molecular weight is 220 g/mol. The molecule has 0 spiro atoms. The molecule has 0 radical (unpaired) electrons. The Hall–Kier alpha value is -1.09. The second-order valence-electron chi connectivity index (χ2n) is 4.67. The highest BCUT2D eigenvalue weighted by Crippen LogP contribution is 2.17. The Morgan fingerprint density at radius 2 is 2.19 bits per heavy atom. The minimum absolute atomic E-state index is 0.105. The number of aromatic nitrogens is 1. The largest absolute Gasteiger partial charge is 0.314 e. The smallest absolute Gasteiger partial charge is 0.250 e. The van der Waals surface area contributed by atoms with Gasteiger partial charge in [-0.05, 0) is 31.4 Å². The molecule has 1 heterocycles. The first-order chi connectivity index (χ1) is 7.75. The molecule has 2 rings (SSSR count). The van der Waals surface area contributed by atoms with E-state index >= 15 is 0 Å². The van der Waals surface area contributed by atoms with Crippen molar-refractivity contribution in [1.29, 1.82) is 0 Å². The Morgan fingerprint density at radius 3 is 2.88 bits per heavy atom. The van der Waals surface area contributed by atoms with E-state index in [-0.39, 0.29) is 5.56 Å². The van der Waals surface area contributed by atoms with Gasteiger partial charge in [0.1, 0.15) is 0 Å². The third kappa shape index (κ3) is 2.95. The van der Waals surface area contributed by atoms with Crippen LogP contribution in [-0.2, 0) is 6.54 Å². The summed E-state index contributed by atoms with van der Waals surface area (Å²) in [5, 5.41) is 3.51. The zero-order chi connectivity index (χ0) is 11.4. The Kier molecular flexibility index (Phi) is 3.78. The molecule has 0 unspecified atom stereocenters. The maximum absolute atomic E-state index is 11.6. The van der Waals surface area contributed by atoms with Crippen molar-refractivity contribution in [3.8, 4) is 0 Å². The molecule has 0 bridgehead atoms. The standard InChI is InChI=1S/C13H20N2O/c1-11-6-8-15(13(16)10-11)9-7-14-12-4-2-3-5-12/h6,8,10,12,14H,2-5,7,9H2,1H3. The van der Waals surface area contributed by atoms with Crippen LogP contribution in [0, 0.1) is 6.92 Å². The van der Waals surface area contributed by atoms with Crippen LogP contribution in [0.15, 0.2) is 23.1 Å². The highest BCUT2D eigenvalue weighted by atomic mass is 16.1. The van der Waals surface area contributed by atoms with Gasteiger partial charge in [0.05, 0.1) is 0 Å². The van der Waals surface area contributed by atoms with E-state index in [1.165, 1.54) is 25.7 Å². The topological polar surface area (TPSA) is 34.0 Å². The van der Waals surface area contributed by atoms with Crippen LogP contribution in [0.3, 0.4) is 0 Å². The number of hydrogen-bond acceptors (Lipinski definition) is 2. The summed E-state index contributed by atoms with van der Waals surface area (Å²) in [5.41, 5.74) is 1.14. The molecule has 0 saturated heterocycles. The monoisotopic (exact) mass is 220 g/mol. The van der Waals surface area contributed by atoms with E-state index in [1.807, 2.05) is 19.2 Å². The number of aryl methyl sites for hydroxylation is 1. The van der Waals surface area contributed by atoms with Crippen LogP contribution in [-0.4, -0.2) is 17.2 Å². The summed E-state index contributed by atoms with van der Waals surface area (Å²) in [7, 11) is 0. The molecule has 1 aliphatic carbocycles. The summed E-state index contributed by atoms with van der Waals surface area (Å²) in [6.07, 6.45) is 7.17. The van der Waals surface area contributed by atoms with E-state index in [0.717, 1.165) is 18.7 Å². The van der Waals surface area contributed by atoms with Gasteiger partial charge in [0.2, 0.25) is 0 Å². The second-order valence-corrected chi connectivity index (χ2v) is 4.67. The van der Waals surface area contributed by atoms with Gasteiger partial charge in [-0.3, -0.25) is 4.79 Å². The molecule has 0 aliphatic heterocycles. The maximum Gasteiger partial charge on any atom is 0.250 e. The van der Waals surface area contributed by atoms with E-state index in [2.05, 4.69) is 5.32 Å². The molecule has 1 aliphatic rings. The number of hydrogen-bond donors (Lipinski definition) is 1. The first-order valence-electron chi connectivity index (χ1n) is 6.16. The van der Waals surface area contributed by atoms with Crippen LogP contribution >= 0.6 is 0 Å². The van der Waals surface area contributed by atoms with Crippen molar-refractivity contribution in [3.05, 3.63) is 34.2 Å². The van der Waals surface area contributed by atoms with Crippen molar-refractivity contribution >= 4 is 0 Å². The molecule has 1 aromatic rings. The van der Waals surface area contributed by atoms with Crippen LogP contribution in [0.25, 0.3) is 0 Å². The highest BCUT2D eigenvalue weighted by molar-refractivity contribution is 5.07. The molecule has 1 N–H and O–H groups in total. The van der Waals surface area contributed by atoms with Crippen molar-refractivity contribution < 1.29 is 0 Å². The Morgan fingerprint density at radius 1 is 1.44 bits per heavy atom. The van der Waals surface area contributed by atoms with Gasteiger partial charge in [-0.15, -0.1) is 0 Å². The number of pyridine rings is 1. The molecule has 1 saturated carbocycles. The van der Waals surface area contributed by atoms with Gasteiger partial charge in [0, 0.05) is 31.4 Å². The Balaban J connectivity index is 1.82. The molecule has 0 aromatic carbocycles. The predicted octanol–water partition coefficient (Wildman–Crippen LogP) is 1.69. The number of nitrogens with zero attached hydrogens (tertiary/aromatic N) is 1. The molecule has 0 atom stereocenters. The summed E-state index contributed by atoms with van der Waals surface area (Å²) < 4.78 is 1.77. The summed E-state index contributed by atoms with van der Waals surface area (Å²) in [6, 6.07) is 4.35. The molecule has 3 nitrogen and oxygen atoms in total. The third-order valence-corrected chi connectivity index (χ3v) is 3.29. The summed E-state index contributed by atoms with van der Waals surface area (Å²) in [4.78, 5) is 11.6. The van der Waals surface area contributed by atoms with E-state index in [0.29, 0.717) is 6.04 Å². The van der Waals surface area contributed by atoms with Crippen molar-refractivity contribution in [2.45, 2.75) is 45.2 Å². The summed E-state index contributed by atoms with van der Waals surface area (Å²) in [6.45, 7) is 3.62. The van der Waals surface area contributed by atoms with Gasteiger partial charge in [-0.1, -0.05) is 12.8 Å². The minimum atomic E-state index is 0.105. The maximum atomic E-state index is 11.6. The van der Waals surface area contributed by atoms with Gasteiger partial charge in [0.15, 0.2) is 0 Å². The molecule has 0 amide bonds. The van der Waals surface area contributed by atoms with Crippen molar-refractivity contribution in [2.75, 3.05) is 6.54 Å². The van der Waals surface area contributed by atoms with Crippen LogP contribution in [0.1, 0.15) is 31.2 Å². The molecular formula is C13H20N2O. The summed E-state index contributed by atoms with van der Waals surface area (Å²) in [5.74, 6) is 0. The first kappa shape index (κ1) is 11.4. The Bertz CT molecular complexity index is 391. The summed E-state index contributed by atoms with van der Waals surface area (Å²) >= 11 is 0. The van der Waals surface area contributed by atoms with Crippen LogP contribution < -0.4 is 10.9 Å². The van der Waals surface area contributed by atoms with Gasteiger partial charge >= 0.3 is 0 Å². The average Bonchev–Trinajstić information content (AvgIpc) is 2.74. The number of nitrogens with one attached hydrogen (secondary N) is 1. The van der Waals surface area contributed by atoms with Crippen LogP contribution in [0.4, 0.5) is 0 Å². The van der Waals surface area contributed by atoms with Gasteiger partial charge in [-0.25, -0.2) is 0 Å². The van der Waals surface area contributed by atoms with E-state index in [1.54, 1.807) is 10.6 Å². The van der Waals surface area contributed by atoms with Gasteiger partial charge < -0.3 is 9.88 Å². The lowest BCUT2D eigenvalue weighted by molar-refractivity contribution is 0.492. The van der Waals surface area contributed by atoms with E-state index in [9.17, 15) is 4.79 Å². The Labute approximate surface area is 96.5 Å². The molecule has 1 aromatic heterocycles. The number of rotatable bonds is 4. The normalized spacial score (nSPS) is 16.8. The van der Waals surface area contributed by atoms with Crippen molar-refractivity contribution in [1.82, 2.24) is 9.88 Å². The molecule has 1 fully saturated rings. The molecule has 3 heteroatoms. The molecule has 88 valence electrons. The highest BCUT2D eigenvalue weighted by Gasteiger charge is 2.13. The predicted molar refractivity (Wildman–Crippen MR) is 65.7 cm³/mol. The zero-order valence-corrected chi connectivity index (χ0v) is 9.91. The second kappa shape index (κ2) is 5.30. The fourth-order valence-electron chi connectivity index (χ4n) is 2.31. The first-order valence-corrected chi connectivity index (χ1v) is 6.16.